The van der Waals surface area contributed by atoms with Gasteiger partial charge in [0.05, 0.1) is 12.2 Å². The molecule has 7 rings (SSSR count). The molecule has 0 aromatic carbocycles. The Morgan fingerprint density at radius 2 is 1.32 bits per heavy atom. The zero-order valence-electron chi connectivity index (χ0n) is 34.5. The van der Waals surface area contributed by atoms with Gasteiger partial charge in [-0.3, -0.25) is 9.59 Å². The molecule has 1 spiro atoms. The molecule has 6 fully saturated rings. The lowest BCUT2D eigenvalue weighted by molar-refractivity contribution is -0.207. The van der Waals surface area contributed by atoms with Crippen LogP contribution in [0.15, 0.2) is 11.6 Å². The first-order valence-corrected chi connectivity index (χ1v) is 21.3. The molecule has 0 aliphatic heterocycles. The Morgan fingerprint density at radius 1 is 0.760 bits per heavy atom. The summed E-state index contributed by atoms with van der Waals surface area (Å²) in [6.07, 6.45) is 19.0. The highest BCUT2D eigenvalue weighted by atomic mass is 16.6. The summed E-state index contributed by atoms with van der Waals surface area (Å²) in [7, 11) is 0. The first-order valence-electron chi connectivity index (χ1n) is 21.3. The fraction of sp³-hybridized carbons (Fsp3) is 0.911. The van der Waals surface area contributed by atoms with Crippen LogP contribution in [0.1, 0.15) is 173 Å². The average Bonchev–Trinajstić information content (AvgIpc) is 3.38. The molecule has 6 saturated carbocycles. The number of hydrogen-bond donors (Lipinski definition) is 1. The number of carbonyl (C=O) groups is 2. The van der Waals surface area contributed by atoms with Crippen LogP contribution in [0, 0.1) is 69.0 Å². The lowest BCUT2D eigenvalue weighted by atomic mass is 9.37. The van der Waals surface area contributed by atoms with E-state index in [-0.39, 0.29) is 35.1 Å². The minimum Gasteiger partial charge on any atom is -0.462 e. The Morgan fingerprint density at radius 3 is 1.88 bits per heavy atom. The van der Waals surface area contributed by atoms with E-state index in [1.165, 1.54) is 64.2 Å². The summed E-state index contributed by atoms with van der Waals surface area (Å²) in [6, 6.07) is 0. The van der Waals surface area contributed by atoms with Crippen molar-refractivity contribution in [3.8, 4) is 0 Å². The highest BCUT2D eigenvalue weighted by Crippen LogP contribution is 2.73. The zero-order chi connectivity index (χ0) is 37.0. The second-order valence-electron chi connectivity index (χ2n) is 20.2. The molecule has 9 atom stereocenters. The normalized spacial score (nSPS) is 40.7. The third-order valence-electron chi connectivity index (χ3n) is 15.5. The third kappa shape index (κ3) is 6.68. The zero-order valence-corrected chi connectivity index (χ0v) is 34.5. The van der Waals surface area contributed by atoms with Crippen molar-refractivity contribution in [1.82, 2.24) is 0 Å². The van der Waals surface area contributed by atoms with Crippen LogP contribution in [0.25, 0.3) is 0 Å². The van der Waals surface area contributed by atoms with Crippen LogP contribution in [0.5, 0.6) is 0 Å². The molecular weight excluding hydrogens is 618 g/mol. The lowest BCUT2D eigenvalue weighted by Crippen LogP contribution is -2.63. The summed E-state index contributed by atoms with van der Waals surface area (Å²) >= 11 is 0. The van der Waals surface area contributed by atoms with Crippen molar-refractivity contribution in [3.63, 3.8) is 0 Å². The molecular formula is C45H77NO4. The molecule has 0 heterocycles. The summed E-state index contributed by atoms with van der Waals surface area (Å²) in [4.78, 5) is 26.4. The van der Waals surface area contributed by atoms with E-state index in [2.05, 4.69) is 47.6 Å². The van der Waals surface area contributed by atoms with Gasteiger partial charge in [0.25, 0.3) is 0 Å². The van der Waals surface area contributed by atoms with Crippen LogP contribution in [0.4, 0.5) is 0 Å². The Bertz CT molecular complexity index is 1230. The van der Waals surface area contributed by atoms with E-state index in [1.807, 2.05) is 41.5 Å². The number of carbonyl (C=O) groups excluding carboxylic acids is 2. The minimum atomic E-state index is -1.11. The van der Waals surface area contributed by atoms with Gasteiger partial charge < -0.3 is 15.2 Å². The Labute approximate surface area is 307 Å². The van der Waals surface area contributed by atoms with Crippen LogP contribution in [-0.4, -0.2) is 29.7 Å². The molecule has 0 aromatic rings. The standard InChI is InChI=1S/C39H61NO4.C4H10.C2H6/c1-23(2)43-33(41)38(34(42)44-24(3)4)21-37(22-38)19-26(20-37)27-12-16-35(6)29(25(27)5)13-17-36(7)30-14-18-39(40)15-8-9-31(39)28(30)10-11-32(35)36;1-4(2)3;1-2/h12,23-26,28-32H,8-11,13-22,40H2,1-7H3;4H,1-3H3;1-2H3/t25?,28?,29?,30?,31-,32?,35?,36?,39?;;/m1../s1. The number of esters is 2. The topological polar surface area (TPSA) is 78.6 Å². The van der Waals surface area contributed by atoms with E-state index in [0.717, 1.165) is 48.3 Å². The van der Waals surface area contributed by atoms with Crippen LogP contribution in [0.2, 0.25) is 0 Å². The molecule has 0 bridgehead atoms. The van der Waals surface area contributed by atoms with E-state index in [4.69, 9.17) is 15.2 Å². The molecule has 50 heavy (non-hydrogen) atoms. The maximum Gasteiger partial charge on any atom is 0.323 e. The van der Waals surface area contributed by atoms with E-state index in [1.54, 1.807) is 5.57 Å². The van der Waals surface area contributed by atoms with Gasteiger partial charge in [0.15, 0.2) is 5.41 Å². The summed E-state index contributed by atoms with van der Waals surface area (Å²) in [5, 5.41) is 0. The van der Waals surface area contributed by atoms with E-state index < -0.39 is 5.41 Å². The van der Waals surface area contributed by atoms with Gasteiger partial charge in [-0.1, -0.05) is 73.5 Å². The highest BCUT2D eigenvalue weighted by molar-refractivity contribution is 6.01. The predicted octanol–water partition coefficient (Wildman–Crippen LogP) is 11.1. The van der Waals surface area contributed by atoms with Gasteiger partial charge in [-0.25, -0.2) is 0 Å². The summed E-state index contributed by atoms with van der Waals surface area (Å²) in [5.74, 6) is 5.39. The molecule has 0 radical (unpaired) electrons. The molecule has 7 aliphatic rings. The monoisotopic (exact) mass is 696 g/mol. The molecule has 7 aliphatic carbocycles. The summed E-state index contributed by atoms with van der Waals surface area (Å²) in [5.41, 5.74) is 8.72. The molecule has 5 heteroatoms. The number of allylic oxidation sites excluding steroid dienone is 2. The number of fused-ring (bicyclic) bond motifs is 7. The maximum atomic E-state index is 13.2. The van der Waals surface area contributed by atoms with Crippen molar-refractivity contribution in [3.05, 3.63) is 11.6 Å². The number of nitrogens with two attached hydrogens (primary N) is 1. The predicted molar refractivity (Wildman–Crippen MR) is 205 cm³/mol. The Hall–Kier alpha value is -1.36. The fourth-order valence-corrected chi connectivity index (χ4v) is 13.8. The quantitative estimate of drug-likeness (QED) is 0.176. The summed E-state index contributed by atoms with van der Waals surface area (Å²) < 4.78 is 11.2. The van der Waals surface area contributed by atoms with Crippen LogP contribution >= 0.6 is 0 Å². The Kier molecular flexibility index (Phi) is 11.5. The van der Waals surface area contributed by atoms with Crippen LogP contribution in [-0.2, 0) is 19.1 Å². The minimum absolute atomic E-state index is 0.0843. The summed E-state index contributed by atoms with van der Waals surface area (Å²) in [6.45, 7) is 25.9. The number of ether oxygens (including phenoxy) is 2. The second kappa shape index (κ2) is 14.5. The molecule has 286 valence electrons. The molecule has 2 N–H and O–H groups in total. The van der Waals surface area contributed by atoms with E-state index >= 15 is 0 Å². The smallest absolute Gasteiger partial charge is 0.323 e. The highest BCUT2D eigenvalue weighted by Gasteiger charge is 2.70. The molecule has 0 amide bonds. The van der Waals surface area contributed by atoms with Crippen molar-refractivity contribution >= 4 is 11.9 Å². The first kappa shape index (κ1) is 39.8. The maximum absolute atomic E-state index is 13.2. The van der Waals surface area contributed by atoms with Gasteiger partial charge in [0, 0.05) is 5.54 Å². The van der Waals surface area contributed by atoms with Crippen LogP contribution in [0.3, 0.4) is 0 Å². The van der Waals surface area contributed by atoms with Gasteiger partial charge in [0.2, 0.25) is 0 Å². The van der Waals surface area contributed by atoms with Gasteiger partial charge in [0.1, 0.15) is 0 Å². The molecule has 0 saturated heterocycles. The van der Waals surface area contributed by atoms with Crippen LogP contribution < -0.4 is 5.73 Å². The molecule has 8 unspecified atom stereocenters. The SMILES string of the molecule is CC.CC(C)C.CC(C)OC(=O)C1(C(=O)OC(C)C)CC2(CC(C3=CCC4(C)C(CCC5(C)C6CCC7(N)CCC[C@@H]7C6CCC45)C3C)C2)C1. The fourth-order valence-electron chi connectivity index (χ4n) is 13.8. The van der Waals surface area contributed by atoms with E-state index in [9.17, 15) is 9.59 Å². The van der Waals surface area contributed by atoms with Gasteiger partial charge in [-0.2, -0.15) is 0 Å². The van der Waals surface area contributed by atoms with Crippen molar-refractivity contribution in [2.45, 2.75) is 191 Å². The number of rotatable bonds is 5. The van der Waals surface area contributed by atoms with Crippen molar-refractivity contribution < 1.29 is 19.1 Å². The van der Waals surface area contributed by atoms with Gasteiger partial charge in [-0.05, 0) is 175 Å². The average molecular weight is 696 g/mol. The molecule has 0 aromatic heterocycles. The Balaban J connectivity index is 0.000000758. The van der Waals surface area contributed by atoms with Gasteiger partial charge in [-0.15, -0.1) is 0 Å². The second-order valence-corrected chi connectivity index (χ2v) is 20.2. The largest absolute Gasteiger partial charge is 0.462 e. The van der Waals surface area contributed by atoms with Gasteiger partial charge >= 0.3 is 11.9 Å². The third-order valence-corrected chi connectivity index (χ3v) is 15.5. The first-order chi connectivity index (χ1) is 23.4. The van der Waals surface area contributed by atoms with Crippen molar-refractivity contribution in [1.29, 1.82) is 0 Å². The van der Waals surface area contributed by atoms with Crippen molar-refractivity contribution in [2.24, 2.45) is 74.7 Å². The number of hydrogen-bond acceptors (Lipinski definition) is 5. The van der Waals surface area contributed by atoms with Crippen molar-refractivity contribution in [2.75, 3.05) is 0 Å². The molecule has 5 nitrogen and oxygen atoms in total. The lowest BCUT2D eigenvalue weighted by Gasteiger charge is -2.68. The van der Waals surface area contributed by atoms with E-state index in [0.29, 0.717) is 35.5 Å².